The van der Waals surface area contributed by atoms with Crippen LogP contribution < -0.4 is 0 Å². The molecule has 9 nitrogen and oxygen atoms in total. The molecule has 0 bridgehead atoms. The van der Waals surface area contributed by atoms with Crippen LogP contribution in [0.3, 0.4) is 0 Å². The van der Waals surface area contributed by atoms with Crippen LogP contribution in [0.1, 0.15) is 245 Å². The number of ether oxygens (including phenoxy) is 4. The summed E-state index contributed by atoms with van der Waals surface area (Å²) in [6.07, 6.45) is 89.4. The van der Waals surface area contributed by atoms with Crippen LogP contribution in [0.15, 0.2) is 146 Å². The molecule has 0 aliphatic rings. The highest BCUT2D eigenvalue weighted by Gasteiger charge is 2.25. The normalized spacial score (nSPS) is 13.7. The lowest BCUT2D eigenvalue weighted by Crippen LogP contribution is -2.40. The molecular formula is C74H122NO8+. The third-order valence-corrected chi connectivity index (χ3v) is 13.6. The molecule has 2 atom stereocenters. The van der Waals surface area contributed by atoms with Crippen LogP contribution in [0.25, 0.3) is 0 Å². The maximum Gasteiger partial charge on any atom is 0.361 e. The van der Waals surface area contributed by atoms with Gasteiger partial charge in [-0.3, -0.25) is 9.59 Å². The Morgan fingerprint density at radius 1 is 0.361 bits per heavy atom. The van der Waals surface area contributed by atoms with Crippen molar-refractivity contribution in [1.82, 2.24) is 0 Å². The molecule has 2 unspecified atom stereocenters. The van der Waals surface area contributed by atoms with E-state index < -0.39 is 24.3 Å². The first-order chi connectivity index (χ1) is 40.6. The molecule has 0 rings (SSSR count). The third kappa shape index (κ3) is 64.6. The van der Waals surface area contributed by atoms with Gasteiger partial charge in [-0.05, 0) is 116 Å². The average molecular weight is 1150 g/mol. The largest absolute Gasteiger partial charge is 0.477 e. The fourth-order valence-corrected chi connectivity index (χ4v) is 8.61. The first-order valence-corrected chi connectivity index (χ1v) is 33.0. The maximum absolute atomic E-state index is 12.9. The SMILES string of the molecule is CC/C=C\C/C=C\C/C=C\C/C=C\C/C=C\C/C=C\CCCCCCCCCCCCCCCCCCC(=O)OC(COC(=O)CCCCCC/C=C\C/C=C\C/C=C\C/C=C\C/C=C\C/C=C\CC)COC(OCC[N+](C)(C)C)C(=O)O. The molecule has 1 N–H and O–H groups in total. The van der Waals surface area contributed by atoms with Crippen LogP contribution in [-0.2, 0) is 33.3 Å². The Hall–Kier alpha value is -4.83. The van der Waals surface area contributed by atoms with Gasteiger partial charge in [0.15, 0.2) is 6.10 Å². The number of aliphatic carboxylic acids is 1. The number of allylic oxidation sites excluding steroid dienone is 24. The lowest BCUT2D eigenvalue weighted by molar-refractivity contribution is -0.870. The van der Waals surface area contributed by atoms with E-state index in [9.17, 15) is 19.5 Å². The highest BCUT2D eigenvalue weighted by atomic mass is 16.7. The number of nitrogens with zero attached hydrogens (tertiary/aromatic N) is 1. The van der Waals surface area contributed by atoms with E-state index in [-0.39, 0.29) is 38.6 Å². The summed E-state index contributed by atoms with van der Waals surface area (Å²) in [5.74, 6) is -2.05. The van der Waals surface area contributed by atoms with E-state index in [4.69, 9.17) is 18.9 Å². The first-order valence-electron chi connectivity index (χ1n) is 33.0. The molecule has 0 saturated carbocycles. The molecule has 0 radical (unpaired) electrons. The molecule has 0 aromatic rings. The number of carbonyl (C=O) groups excluding carboxylic acids is 2. The molecule has 0 aromatic heterocycles. The zero-order valence-corrected chi connectivity index (χ0v) is 53.5. The summed E-state index contributed by atoms with van der Waals surface area (Å²) in [6, 6.07) is 0. The van der Waals surface area contributed by atoms with Crippen LogP contribution >= 0.6 is 0 Å². The Kier molecular flexibility index (Phi) is 59.5. The highest BCUT2D eigenvalue weighted by Crippen LogP contribution is 2.16. The minimum atomic E-state index is -1.53. The highest BCUT2D eigenvalue weighted by molar-refractivity contribution is 5.71. The molecule has 0 aromatic carbocycles. The molecule has 0 spiro atoms. The number of hydrogen-bond donors (Lipinski definition) is 1. The van der Waals surface area contributed by atoms with Gasteiger partial charge in [0.05, 0.1) is 34.4 Å². The predicted molar refractivity (Wildman–Crippen MR) is 354 cm³/mol. The monoisotopic (exact) mass is 1150 g/mol. The molecule has 9 heteroatoms. The van der Waals surface area contributed by atoms with E-state index in [1.165, 1.54) is 83.5 Å². The molecule has 470 valence electrons. The summed E-state index contributed by atoms with van der Waals surface area (Å²) in [4.78, 5) is 37.6. The van der Waals surface area contributed by atoms with Gasteiger partial charge in [0.1, 0.15) is 13.2 Å². The zero-order chi connectivity index (χ0) is 60.5. The second kappa shape index (κ2) is 63.2. The minimum Gasteiger partial charge on any atom is -0.477 e. The van der Waals surface area contributed by atoms with Crippen molar-refractivity contribution >= 4 is 17.9 Å². The zero-order valence-electron chi connectivity index (χ0n) is 53.5. The fraction of sp³-hybridized carbons (Fsp3) is 0.635. The number of rotatable bonds is 59. The maximum atomic E-state index is 12.9. The number of quaternary nitrogens is 1. The average Bonchev–Trinajstić information content (AvgIpc) is 3.46. The van der Waals surface area contributed by atoms with E-state index in [2.05, 4.69) is 160 Å². The number of unbranched alkanes of at least 4 members (excludes halogenated alkanes) is 20. The van der Waals surface area contributed by atoms with Crippen LogP contribution in [0.4, 0.5) is 0 Å². The van der Waals surface area contributed by atoms with Crippen LogP contribution in [0.2, 0.25) is 0 Å². The smallest absolute Gasteiger partial charge is 0.361 e. The Bertz CT molecular complexity index is 1870. The summed E-state index contributed by atoms with van der Waals surface area (Å²) >= 11 is 0. The van der Waals surface area contributed by atoms with Crippen molar-refractivity contribution in [1.29, 1.82) is 0 Å². The number of carboxylic acid groups (broad SMARTS) is 1. The Morgan fingerprint density at radius 3 is 0.964 bits per heavy atom. The summed E-state index contributed by atoms with van der Waals surface area (Å²) in [5.41, 5.74) is 0. The van der Waals surface area contributed by atoms with Gasteiger partial charge in [-0.25, -0.2) is 4.79 Å². The van der Waals surface area contributed by atoms with Gasteiger partial charge in [-0.1, -0.05) is 262 Å². The van der Waals surface area contributed by atoms with Crippen molar-refractivity contribution in [2.24, 2.45) is 0 Å². The summed E-state index contributed by atoms with van der Waals surface area (Å²) in [6.45, 7) is 4.61. The first kappa shape index (κ1) is 78.2. The van der Waals surface area contributed by atoms with Crippen LogP contribution in [-0.4, -0.2) is 87.4 Å². The quantitative estimate of drug-likeness (QED) is 0.0211. The van der Waals surface area contributed by atoms with Gasteiger partial charge in [0.2, 0.25) is 0 Å². The molecular weight excluding hydrogens is 1030 g/mol. The molecule has 0 saturated heterocycles. The molecule has 0 amide bonds. The molecule has 0 heterocycles. The van der Waals surface area contributed by atoms with E-state index in [1.807, 2.05) is 21.1 Å². The van der Waals surface area contributed by atoms with Gasteiger partial charge >= 0.3 is 17.9 Å². The minimum absolute atomic E-state index is 0.176. The number of carbonyl (C=O) groups is 3. The van der Waals surface area contributed by atoms with Crippen molar-refractivity contribution in [3.8, 4) is 0 Å². The van der Waals surface area contributed by atoms with E-state index >= 15 is 0 Å². The van der Waals surface area contributed by atoms with Gasteiger partial charge in [-0.15, -0.1) is 0 Å². The predicted octanol–water partition coefficient (Wildman–Crippen LogP) is 20.3. The topological polar surface area (TPSA) is 108 Å². The third-order valence-electron chi connectivity index (χ3n) is 13.6. The van der Waals surface area contributed by atoms with Gasteiger partial charge in [-0.2, -0.15) is 0 Å². The Balaban J connectivity index is 4.19. The molecule has 0 aliphatic heterocycles. The molecule has 0 fully saturated rings. The number of hydrogen-bond acceptors (Lipinski definition) is 7. The standard InChI is InChI=1S/C74H121NO8/c1-6-8-10-12-14-16-18-20-22-24-26-28-30-31-32-33-34-35-36-37-38-39-40-41-43-45-47-49-51-53-55-57-59-61-63-65-72(77)83-70(69-82-74(73(78)79)80-67-66-75(3,4)5)68-81-71(76)64-62-60-58-56-54-52-50-48-46-44-42-29-27-25-23-21-19-17-15-13-11-9-7-2/h8-11,14-17,20-23,26-29,31-32,34-35,44,46,50,52,70,74H,6-7,12-13,18-19,24-25,30,33,36-43,45,47-49,51,53-69H2,1-5H3/p+1/b10-8-,11-9-,16-14-,17-15-,22-20-,23-21-,28-26-,29-27-,32-31-,35-34-,46-44-,52-50-. The summed E-state index contributed by atoms with van der Waals surface area (Å²) < 4.78 is 22.9. The van der Waals surface area contributed by atoms with Gasteiger partial charge < -0.3 is 28.5 Å². The second-order valence-corrected chi connectivity index (χ2v) is 22.7. The van der Waals surface area contributed by atoms with E-state index in [0.29, 0.717) is 23.9 Å². The summed E-state index contributed by atoms with van der Waals surface area (Å²) in [7, 11) is 5.96. The van der Waals surface area contributed by atoms with E-state index in [1.54, 1.807) is 0 Å². The van der Waals surface area contributed by atoms with Crippen LogP contribution in [0.5, 0.6) is 0 Å². The molecule has 0 aliphatic carbocycles. The van der Waals surface area contributed by atoms with Crippen molar-refractivity contribution < 1.29 is 42.9 Å². The number of esters is 2. The number of likely N-dealkylation sites (N-methyl/N-ethyl adjacent to an activating group) is 1. The lowest BCUT2D eigenvalue weighted by atomic mass is 10.0. The Morgan fingerprint density at radius 2 is 0.651 bits per heavy atom. The van der Waals surface area contributed by atoms with Crippen molar-refractivity contribution in [3.63, 3.8) is 0 Å². The van der Waals surface area contributed by atoms with Crippen molar-refractivity contribution in [2.75, 3.05) is 47.5 Å². The lowest BCUT2D eigenvalue weighted by Gasteiger charge is -2.25. The van der Waals surface area contributed by atoms with E-state index in [0.717, 1.165) is 122 Å². The van der Waals surface area contributed by atoms with Gasteiger partial charge in [0.25, 0.3) is 6.29 Å². The fourth-order valence-electron chi connectivity index (χ4n) is 8.61. The number of carboxylic acids is 1. The second-order valence-electron chi connectivity index (χ2n) is 22.7. The van der Waals surface area contributed by atoms with Crippen LogP contribution in [0, 0.1) is 0 Å². The van der Waals surface area contributed by atoms with Crippen molar-refractivity contribution in [2.45, 2.75) is 257 Å². The van der Waals surface area contributed by atoms with Gasteiger partial charge in [0, 0.05) is 12.8 Å². The molecule has 83 heavy (non-hydrogen) atoms. The Labute approximate surface area is 509 Å². The summed E-state index contributed by atoms with van der Waals surface area (Å²) in [5, 5.41) is 9.73. The van der Waals surface area contributed by atoms with Crippen molar-refractivity contribution in [3.05, 3.63) is 146 Å².